The Balaban J connectivity index is 4.06. The van der Waals surface area contributed by atoms with Crippen LogP contribution in [-0.4, -0.2) is 21.3 Å². The summed E-state index contributed by atoms with van der Waals surface area (Å²) in [4.78, 5) is 0. The molecule has 0 aromatic heterocycles. The van der Waals surface area contributed by atoms with Crippen molar-refractivity contribution in [3.63, 3.8) is 0 Å². The Kier molecular flexibility index (Phi) is 2.87. The van der Waals surface area contributed by atoms with Gasteiger partial charge in [0, 0.05) is 0 Å². The van der Waals surface area contributed by atoms with Crippen molar-refractivity contribution in [2.24, 2.45) is 0 Å². The van der Waals surface area contributed by atoms with Crippen LogP contribution in [-0.2, 0) is 14.3 Å². The van der Waals surface area contributed by atoms with Crippen molar-refractivity contribution in [3.05, 3.63) is 12.2 Å². The third-order valence-corrected chi connectivity index (χ3v) is 2.03. The van der Waals surface area contributed by atoms with Crippen molar-refractivity contribution in [1.29, 1.82) is 0 Å². The Bertz CT molecular complexity index is 190. The monoisotopic (exact) mass is 150 g/mol. The lowest BCUT2D eigenvalue weighted by Crippen LogP contribution is -2.07. The predicted molar refractivity (Wildman–Crippen MR) is 35.6 cm³/mol. The minimum absolute atomic E-state index is 0.0938. The molecule has 0 N–H and O–H groups in total. The maximum atomic E-state index is 10.5. The molecule has 0 fully saturated rings. The molecule has 0 aromatic carbocycles. The third kappa shape index (κ3) is 4.17. The zero-order valence-electron chi connectivity index (χ0n) is 5.55. The molecule has 3 nitrogen and oxygen atoms in total. The van der Waals surface area contributed by atoms with Crippen molar-refractivity contribution >= 4 is 10.1 Å². The molecule has 0 saturated heterocycles. The summed E-state index contributed by atoms with van der Waals surface area (Å²) in [5.74, 6) is -0.0938. The first-order valence-corrected chi connectivity index (χ1v) is 3.98. The molecule has 0 radical (unpaired) electrons. The molecular weight excluding hydrogens is 140 g/mol. The summed E-state index contributed by atoms with van der Waals surface area (Å²) in [7, 11) is -2.18. The second-order valence-electron chi connectivity index (χ2n) is 1.83. The fourth-order valence-electron chi connectivity index (χ4n) is 0.361. The van der Waals surface area contributed by atoms with E-state index in [2.05, 4.69) is 10.8 Å². The van der Waals surface area contributed by atoms with Crippen LogP contribution in [0.15, 0.2) is 12.2 Å². The average Bonchev–Trinajstić information content (AvgIpc) is 1.63. The summed E-state index contributed by atoms with van der Waals surface area (Å²) in [6.07, 6.45) is 0. The van der Waals surface area contributed by atoms with Gasteiger partial charge >= 0.3 is 0 Å². The molecule has 0 saturated carbocycles. The molecule has 0 spiro atoms. The van der Waals surface area contributed by atoms with Crippen molar-refractivity contribution in [2.45, 2.75) is 6.92 Å². The van der Waals surface area contributed by atoms with Gasteiger partial charge in [0.25, 0.3) is 10.1 Å². The topological polar surface area (TPSA) is 43.4 Å². The van der Waals surface area contributed by atoms with E-state index in [1.807, 2.05) is 0 Å². The third-order valence-electron chi connectivity index (χ3n) is 0.677. The zero-order chi connectivity index (χ0) is 7.49. The van der Waals surface area contributed by atoms with E-state index < -0.39 is 10.1 Å². The lowest BCUT2D eigenvalue weighted by Gasteiger charge is -1.97. The Hall–Kier alpha value is -0.350. The molecular formula is C5H10O3S. The molecule has 54 valence electrons. The fraction of sp³-hybridized carbons (Fsp3) is 0.600. The first-order valence-electron chi connectivity index (χ1n) is 2.40. The first-order chi connectivity index (χ1) is 3.98. The van der Waals surface area contributed by atoms with Crippen molar-refractivity contribution < 1.29 is 12.6 Å². The van der Waals surface area contributed by atoms with Crippen molar-refractivity contribution in [2.75, 3.05) is 12.9 Å². The molecule has 0 rings (SSSR count). The van der Waals surface area contributed by atoms with Gasteiger partial charge in [-0.15, -0.1) is 0 Å². The summed E-state index contributed by atoms with van der Waals surface area (Å²) < 4.78 is 25.2. The lowest BCUT2D eigenvalue weighted by atomic mass is 10.4. The van der Waals surface area contributed by atoms with Gasteiger partial charge in [0.05, 0.1) is 12.9 Å². The molecule has 0 aliphatic heterocycles. The van der Waals surface area contributed by atoms with Crippen molar-refractivity contribution in [1.82, 2.24) is 0 Å². The van der Waals surface area contributed by atoms with E-state index in [9.17, 15) is 8.42 Å². The Morgan fingerprint density at radius 3 is 2.22 bits per heavy atom. The summed E-state index contributed by atoms with van der Waals surface area (Å²) in [5.41, 5.74) is 0.580. The van der Waals surface area contributed by atoms with Gasteiger partial charge in [-0.25, -0.2) is 0 Å². The van der Waals surface area contributed by atoms with E-state index in [0.717, 1.165) is 7.11 Å². The van der Waals surface area contributed by atoms with Crippen LogP contribution in [0.3, 0.4) is 0 Å². The van der Waals surface area contributed by atoms with E-state index >= 15 is 0 Å². The van der Waals surface area contributed by atoms with Gasteiger partial charge in [-0.3, -0.25) is 4.18 Å². The van der Waals surface area contributed by atoms with E-state index in [4.69, 9.17) is 0 Å². The fourth-order valence-corrected chi connectivity index (χ4v) is 1.08. The van der Waals surface area contributed by atoms with Gasteiger partial charge in [-0.05, 0) is 6.92 Å². The van der Waals surface area contributed by atoms with Crippen LogP contribution < -0.4 is 0 Å². The highest BCUT2D eigenvalue weighted by Gasteiger charge is 2.06. The van der Waals surface area contributed by atoms with Gasteiger partial charge < -0.3 is 0 Å². The van der Waals surface area contributed by atoms with E-state index in [0.29, 0.717) is 5.57 Å². The average molecular weight is 150 g/mol. The predicted octanol–water partition coefficient (Wildman–Crippen LogP) is 0.539. The standard InChI is InChI=1S/C5H10O3S/c1-5(2)4-9(6,7)8-3/h1,4H2,2-3H3. The highest BCUT2D eigenvalue weighted by atomic mass is 32.2. The smallest absolute Gasteiger partial charge is 0.270 e. The SMILES string of the molecule is C=C(C)CS(=O)(=O)OC. The molecule has 9 heavy (non-hydrogen) atoms. The van der Waals surface area contributed by atoms with Crippen LogP contribution in [0.5, 0.6) is 0 Å². The molecule has 0 bridgehead atoms. The lowest BCUT2D eigenvalue weighted by molar-refractivity contribution is 0.400. The first kappa shape index (κ1) is 8.65. The molecule has 4 heteroatoms. The molecule has 0 aliphatic rings. The number of hydrogen-bond donors (Lipinski definition) is 0. The van der Waals surface area contributed by atoms with Gasteiger partial charge in [-0.1, -0.05) is 12.2 Å². The Morgan fingerprint density at radius 1 is 1.67 bits per heavy atom. The summed E-state index contributed by atoms with van der Waals surface area (Å²) in [6, 6.07) is 0. The largest absolute Gasteiger partial charge is 0.273 e. The van der Waals surface area contributed by atoms with Crippen molar-refractivity contribution in [3.8, 4) is 0 Å². The summed E-state index contributed by atoms with van der Waals surface area (Å²) in [5, 5.41) is 0. The quantitative estimate of drug-likeness (QED) is 0.435. The van der Waals surface area contributed by atoms with E-state index in [1.165, 1.54) is 0 Å². The van der Waals surface area contributed by atoms with E-state index in [1.54, 1.807) is 6.92 Å². The molecule has 0 heterocycles. The molecule has 0 unspecified atom stereocenters. The Morgan fingerprint density at radius 2 is 2.11 bits per heavy atom. The van der Waals surface area contributed by atoms with Crippen LogP contribution >= 0.6 is 0 Å². The van der Waals surface area contributed by atoms with E-state index in [-0.39, 0.29) is 5.75 Å². The van der Waals surface area contributed by atoms with Gasteiger partial charge in [0.1, 0.15) is 0 Å². The second-order valence-corrected chi connectivity index (χ2v) is 3.56. The minimum Gasteiger partial charge on any atom is -0.273 e. The molecule has 0 aromatic rings. The maximum Gasteiger partial charge on any atom is 0.270 e. The Labute approximate surface area is 55.5 Å². The normalized spacial score (nSPS) is 11.3. The van der Waals surface area contributed by atoms with Gasteiger partial charge in [0.15, 0.2) is 0 Å². The van der Waals surface area contributed by atoms with Gasteiger partial charge in [0.2, 0.25) is 0 Å². The van der Waals surface area contributed by atoms with Gasteiger partial charge in [-0.2, -0.15) is 8.42 Å². The minimum atomic E-state index is -3.32. The van der Waals surface area contributed by atoms with Crippen LogP contribution in [0, 0.1) is 0 Å². The van der Waals surface area contributed by atoms with Crippen LogP contribution in [0.25, 0.3) is 0 Å². The summed E-state index contributed by atoms with van der Waals surface area (Å²) >= 11 is 0. The molecule has 0 amide bonds. The second kappa shape index (κ2) is 2.98. The number of hydrogen-bond acceptors (Lipinski definition) is 3. The molecule has 0 atom stereocenters. The summed E-state index contributed by atoms with van der Waals surface area (Å²) in [6.45, 7) is 5.06. The maximum absolute atomic E-state index is 10.5. The number of rotatable bonds is 3. The molecule has 0 aliphatic carbocycles. The highest BCUT2D eigenvalue weighted by Crippen LogP contribution is 1.96. The van der Waals surface area contributed by atoms with Crippen LogP contribution in [0.4, 0.5) is 0 Å². The van der Waals surface area contributed by atoms with Crippen LogP contribution in [0.1, 0.15) is 6.92 Å². The highest BCUT2D eigenvalue weighted by molar-refractivity contribution is 7.86. The zero-order valence-corrected chi connectivity index (χ0v) is 6.36. The van der Waals surface area contributed by atoms with Crippen LogP contribution in [0.2, 0.25) is 0 Å².